The van der Waals surface area contributed by atoms with E-state index >= 15 is 0 Å². The molecule has 500 valence electrons. The van der Waals surface area contributed by atoms with Crippen molar-refractivity contribution in [2.75, 3.05) is 19.8 Å². The zero-order valence-electron chi connectivity index (χ0n) is 51.4. The second kappa shape index (κ2) is 36.8. The predicted octanol–water partition coefficient (Wildman–Crippen LogP) is 12.2. The zero-order chi connectivity index (χ0) is 66.3. The van der Waals surface area contributed by atoms with Crippen molar-refractivity contribution >= 4 is 56.5 Å². The van der Waals surface area contributed by atoms with E-state index in [1.54, 1.807) is 130 Å². The van der Waals surface area contributed by atoms with Crippen LogP contribution in [0, 0.1) is 17.5 Å². The van der Waals surface area contributed by atoms with Gasteiger partial charge < -0.3 is 49.0 Å². The topological polar surface area (TPSA) is 271 Å². The molecular formula is C72H82F3N5O14. The second-order valence-corrected chi connectivity index (χ2v) is 21.6. The molecule has 0 unspecified atom stereocenters. The summed E-state index contributed by atoms with van der Waals surface area (Å²) >= 11 is 0. The summed E-state index contributed by atoms with van der Waals surface area (Å²) in [6.07, 6.45) is 11.4. The number of amides is 1. The number of esters is 3. The van der Waals surface area contributed by atoms with Crippen LogP contribution in [0.1, 0.15) is 144 Å². The second-order valence-electron chi connectivity index (χ2n) is 21.6. The first kappa shape index (κ1) is 74.6. The van der Waals surface area contributed by atoms with Gasteiger partial charge in [0.15, 0.2) is 5.56 Å². The van der Waals surface area contributed by atoms with Crippen molar-refractivity contribution in [3.8, 4) is 11.5 Å². The fourth-order valence-electron chi connectivity index (χ4n) is 10.5. The number of aromatic nitrogens is 3. The fourth-order valence-corrected chi connectivity index (χ4v) is 10.5. The van der Waals surface area contributed by atoms with E-state index in [1.807, 2.05) is 0 Å². The fraction of sp³-hybridized carbons (Fsp3) is 0.333. The molecule has 1 amide bonds. The molecule has 6 aromatic carbocycles. The van der Waals surface area contributed by atoms with Crippen LogP contribution in [0.15, 0.2) is 169 Å². The number of nitrogens with two attached hydrogens (primary N) is 1. The third-order valence-electron chi connectivity index (χ3n) is 15.1. The average Bonchev–Trinajstić information content (AvgIpc) is 0.775. The predicted molar refractivity (Wildman–Crippen MR) is 356 cm³/mol. The molecule has 3 heterocycles. The summed E-state index contributed by atoms with van der Waals surface area (Å²) in [5, 5.41) is 25.2. The molecule has 19 nitrogen and oxygen atoms in total. The maximum atomic E-state index is 13.2. The van der Waals surface area contributed by atoms with Crippen molar-refractivity contribution in [3.05, 3.63) is 233 Å². The van der Waals surface area contributed by atoms with E-state index in [-0.39, 0.29) is 95.5 Å². The third kappa shape index (κ3) is 20.5. The van der Waals surface area contributed by atoms with Crippen LogP contribution in [0.3, 0.4) is 0 Å². The lowest BCUT2D eigenvalue weighted by Gasteiger charge is -2.23. The zero-order valence-corrected chi connectivity index (χ0v) is 51.4. The van der Waals surface area contributed by atoms with E-state index < -0.39 is 57.6 Å². The van der Waals surface area contributed by atoms with E-state index in [2.05, 4.69) is 14.8 Å². The Morgan fingerprint density at radius 1 is 0.500 bits per heavy atom. The lowest BCUT2D eigenvalue weighted by Crippen LogP contribution is -2.40. The molecule has 0 bridgehead atoms. The normalized spacial score (nSPS) is 12.7. The van der Waals surface area contributed by atoms with Crippen LogP contribution >= 0.6 is 0 Å². The highest BCUT2D eigenvalue weighted by molar-refractivity contribution is 6.02. The molecule has 94 heavy (non-hydrogen) atoms. The van der Waals surface area contributed by atoms with Gasteiger partial charge in [0.05, 0.1) is 61.4 Å². The number of hydrogen-bond acceptors (Lipinski definition) is 15. The number of benzene rings is 6. The molecule has 0 spiro atoms. The van der Waals surface area contributed by atoms with E-state index in [1.165, 1.54) is 82.2 Å². The molecule has 2 aliphatic carbocycles. The van der Waals surface area contributed by atoms with Gasteiger partial charge in [-0.15, -0.1) is 0 Å². The number of nitrogens with one attached hydrogen (secondary N) is 1. The minimum atomic E-state index is -0.872. The Hall–Kier alpha value is -10.1. The molecule has 0 radical (unpaired) electrons. The first-order valence-electron chi connectivity index (χ1n) is 30.4. The maximum absolute atomic E-state index is 13.2. The summed E-state index contributed by atoms with van der Waals surface area (Å²) in [6, 6.07) is 38.3. The van der Waals surface area contributed by atoms with Gasteiger partial charge in [0.25, 0.3) is 17.0 Å². The highest BCUT2D eigenvalue weighted by Gasteiger charge is 2.26. The van der Waals surface area contributed by atoms with Crippen LogP contribution in [0.2, 0.25) is 0 Å². The van der Waals surface area contributed by atoms with Gasteiger partial charge in [-0.05, 0) is 136 Å². The van der Waals surface area contributed by atoms with Gasteiger partial charge in [0, 0.05) is 22.9 Å². The summed E-state index contributed by atoms with van der Waals surface area (Å²) in [5.41, 5.74) is 6.78. The van der Waals surface area contributed by atoms with E-state index in [4.69, 9.17) is 14.9 Å². The molecule has 5 N–H and O–H groups in total. The minimum Gasteiger partial charge on any atom is -0.506 e. The lowest BCUT2D eigenvalue weighted by atomic mass is 9.95. The quantitative estimate of drug-likeness (QED) is 0.0448. The minimum absolute atomic E-state index is 0. The van der Waals surface area contributed by atoms with Crippen molar-refractivity contribution in [1.82, 2.24) is 19.0 Å². The number of ether oxygens (including phenoxy) is 3. The summed E-state index contributed by atoms with van der Waals surface area (Å²) < 4.78 is 62.0. The maximum Gasteiger partial charge on any atom is 0.422 e. The van der Waals surface area contributed by atoms with Crippen LogP contribution in [-0.2, 0) is 43.4 Å². The molecule has 3 aromatic heterocycles. The number of carbonyl (C=O) groups is 4. The number of fused-ring (bicyclic) bond motifs is 3. The largest absolute Gasteiger partial charge is 0.506 e. The monoisotopic (exact) mass is 1300 g/mol. The molecule has 0 aliphatic heterocycles. The lowest BCUT2D eigenvalue weighted by molar-refractivity contribution is -0.153. The Morgan fingerprint density at radius 2 is 0.862 bits per heavy atom. The van der Waals surface area contributed by atoms with Crippen molar-refractivity contribution in [2.24, 2.45) is 5.73 Å². The molecule has 9 aromatic rings. The Labute approximate surface area is 542 Å². The third-order valence-corrected chi connectivity index (χ3v) is 15.1. The summed E-state index contributed by atoms with van der Waals surface area (Å²) in [4.78, 5) is 95.8. The number of aromatic hydroxyl groups is 2. The number of nitrogens with zero attached hydrogens (tertiary/aromatic N) is 3. The molecule has 22 heteroatoms. The molecular weight excluding hydrogens is 1220 g/mol. The van der Waals surface area contributed by atoms with Crippen LogP contribution in [-0.4, -0.2) is 79.6 Å². The standard InChI is InChI=1S/C23H23FN2O3.C19H16FNO4.C15H10FNO3.C7H12O4.C6H13N.2CH4/c24-16-12-10-15(11-13-16)14-26-19-9-5-4-8-18(19)21(27)20(23(26)29)22(28)25-17-6-2-1-3-7-17;1-2-25-19(24)16-17(22)14-5-3-4-6-15(14)21(18(16)23)11-12-7-9-13(20)10-8-12;16-11-7-5-10(6-8-11)9-17-13-4-2-1-3-12(13)14(18)20-15(17)19;1-3-10-6(8)5-7(9)11-4-2;7-6-4-2-1-3-5-6;;/h4-5,8-13,17,27H,1-3,6-7,14H2,(H,25,28);3-10,22H,2,11H2,1H3;1-8H,9H2;3-5H2,1-2H3;6H,1-5,7H2;2*1H4. The SMILES string of the molecule is C.C.CCOC(=O)CC(=O)OCC.CCOC(=O)c1c(O)c2ccccc2n(Cc2ccc(F)cc2)c1=O.NC1CCCCC1.O=C(NC1CCCCC1)c1c(O)c2ccccc2n(Cc2ccc(F)cc2)c1=O.O=c1oc(=O)n(Cc2ccc(F)cc2)c2ccccc12. The highest BCUT2D eigenvalue weighted by Crippen LogP contribution is 2.29. The molecule has 0 saturated heterocycles. The summed E-state index contributed by atoms with van der Waals surface area (Å²) in [5.74, 6) is -4.98. The van der Waals surface area contributed by atoms with Crippen LogP contribution < -0.4 is 33.6 Å². The van der Waals surface area contributed by atoms with Gasteiger partial charge in [-0.25, -0.2) is 27.6 Å². The van der Waals surface area contributed by atoms with Gasteiger partial charge in [0.1, 0.15) is 40.9 Å². The Morgan fingerprint density at radius 3 is 1.27 bits per heavy atom. The molecule has 11 rings (SSSR count). The Bertz CT molecular complexity index is 4220. The first-order valence-corrected chi connectivity index (χ1v) is 30.4. The van der Waals surface area contributed by atoms with Crippen molar-refractivity contribution in [2.45, 2.75) is 138 Å². The molecule has 0 atom stereocenters. The number of pyridine rings is 2. The van der Waals surface area contributed by atoms with Gasteiger partial charge in [0.2, 0.25) is 0 Å². The van der Waals surface area contributed by atoms with Crippen LogP contribution in [0.5, 0.6) is 11.5 Å². The van der Waals surface area contributed by atoms with E-state index in [9.17, 15) is 61.7 Å². The first-order chi connectivity index (χ1) is 44.3. The molecule has 2 aliphatic rings. The smallest absolute Gasteiger partial charge is 0.422 e. The summed E-state index contributed by atoms with van der Waals surface area (Å²) in [7, 11) is 0. The number of carbonyl (C=O) groups excluding carboxylic acids is 4. The molecule has 2 fully saturated rings. The Kier molecular flexibility index (Phi) is 29.2. The van der Waals surface area contributed by atoms with Gasteiger partial charge in [-0.3, -0.25) is 28.5 Å². The number of halogens is 3. The van der Waals surface area contributed by atoms with Gasteiger partial charge in [-0.2, -0.15) is 0 Å². The summed E-state index contributed by atoms with van der Waals surface area (Å²) in [6.45, 7) is 6.16. The van der Waals surface area contributed by atoms with Crippen LogP contribution in [0.25, 0.3) is 32.7 Å². The van der Waals surface area contributed by atoms with E-state index in [0.29, 0.717) is 44.3 Å². The number of para-hydroxylation sites is 3. The van der Waals surface area contributed by atoms with Crippen LogP contribution in [0.4, 0.5) is 13.2 Å². The number of rotatable bonds is 14. The molecule has 2 saturated carbocycles. The van der Waals surface area contributed by atoms with Crippen molar-refractivity contribution in [3.63, 3.8) is 0 Å². The van der Waals surface area contributed by atoms with Crippen molar-refractivity contribution in [1.29, 1.82) is 0 Å². The van der Waals surface area contributed by atoms with Gasteiger partial charge >= 0.3 is 29.3 Å². The van der Waals surface area contributed by atoms with Crippen molar-refractivity contribution < 1.29 is 61.2 Å². The van der Waals surface area contributed by atoms with Gasteiger partial charge in [-0.1, -0.05) is 126 Å². The Balaban J connectivity index is 0.000000226. The average molecular weight is 1300 g/mol. The van der Waals surface area contributed by atoms with E-state index in [0.717, 1.165) is 43.2 Å². The number of hydrogen-bond donors (Lipinski definition) is 4. The highest BCUT2D eigenvalue weighted by atomic mass is 19.1.